The van der Waals surface area contributed by atoms with Crippen LogP contribution >= 0.6 is 24.0 Å². The van der Waals surface area contributed by atoms with Crippen LogP contribution in [0.1, 0.15) is 34.6 Å². The van der Waals surface area contributed by atoms with Crippen molar-refractivity contribution in [1.29, 1.82) is 0 Å². The molecule has 1 aliphatic heterocycles. The summed E-state index contributed by atoms with van der Waals surface area (Å²) in [6, 6.07) is 0. The Morgan fingerprint density at radius 2 is 1.43 bits per heavy atom. The van der Waals surface area contributed by atoms with Crippen molar-refractivity contribution >= 4 is 58.2 Å². The Morgan fingerprint density at radius 1 is 0.865 bits per heavy atom. The van der Waals surface area contributed by atoms with Crippen LogP contribution in [0.15, 0.2) is 11.8 Å². The van der Waals surface area contributed by atoms with E-state index in [0.717, 1.165) is 52.8 Å². The van der Waals surface area contributed by atoms with Gasteiger partial charge in [-0.1, -0.05) is 11.8 Å². The first-order chi connectivity index (χ1) is 17.4. The van der Waals surface area contributed by atoms with Gasteiger partial charge in [-0.05, 0) is 19.1 Å². The van der Waals surface area contributed by atoms with Crippen molar-refractivity contribution in [1.82, 2.24) is 0 Å². The van der Waals surface area contributed by atoms with E-state index >= 15 is 0 Å². The molecule has 0 amide bonds. The second kappa shape index (κ2) is 16.0. The first kappa shape index (κ1) is 32.1. The number of hydrogen-bond acceptors (Lipinski definition) is 15. The van der Waals surface area contributed by atoms with Gasteiger partial charge in [-0.25, -0.2) is 4.79 Å². The van der Waals surface area contributed by atoms with E-state index < -0.39 is 67.2 Å². The lowest BCUT2D eigenvalue weighted by Crippen LogP contribution is -2.62. The third kappa shape index (κ3) is 11.3. The molecule has 0 bridgehead atoms. The number of rotatable bonds is 11. The Bertz CT molecular complexity index is 888. The van der Waals surface area contributed by atoms with Gasteiger partial charge in [0.05, 0.1) is 25.6 Å². The van der Waals surface area contributed by atoms with Crippen LogP contribution in [-0.4, -0.2) is 91.0 Å². The second-order valence-electron chi connectivity index (χ2n) is 7.31. The van der Waals surface area contributed by atoms with Gasteiger partial charge >= 0.3 is 29.8 Å². The molecule has 5 atom stereocenters. The maximum absolute atomic E-state index is 12.3. The highest BCUT2D eigenvalue weighted by atomic mass is 32.2. The zero-order valence-electron chi connectivity index (χ0n) is 21.2. The van der Waals surface area contributed by atoms with Crippen LogP contribution in [0, 0.1) is 0 Å². The molecule has 208 valence electrons. The van der Waals surface area contributed by atoms with Crippen LogP contribution < -0.4 is 0 Å². The van der Waals surface area contributed by atoms with Crippen LogP contribution in [0.4, 0.5) is 0 Å². The Kier molecular flexibility index (Phi) is 13.9. The average Bonchev–Trinajstić information content (AvgIpc) is 2.80. The number of thioether (sulfide) groups is 1. The lowest BCUT2D eigenvalue weighted by molar-refractivity contribution is -0.297. The third-order valence-corrected chi connectivity index (χ3v) is 5.63. The molecule has 0 unspecified atom stereocenters. The first-order valence-electron chi connectivity index (χ1n) is 10.9. The molecule has 0 aromatic rings. The third-order valence-electron chi connectivity index (χ3n) is 4.35. The maximum Gasteiger partial charge on any atom is 0.337 e. The first-order valence-corrected chi connectivity index (χ1v) is 12.3. The Morgan fingerprint density at radius 3 is 1.95 bits per heavy atom. The molecule has 0 spiro atoms. The number of carbonyl (C=O) groups excluding carboxylic acids is 5. The van der Waals surface area contributed by atoms with E-state index in [1.54, 1.807) is 6.92 Å². The monoisotopic (exact) mass is 566 g/mol. The fraction of sp³-hybridized carbons (Fsp3) is 0.636. The summed E-state index contributed by atoms with van der Waals surface area (Å²) in [4.78, 5) is 59.2. The molecule has 0 aromatic heterocycles. The highest BCUT2D eigenvalue weighted by Crippen LogP contribution is 2.30. The van der Waals surface area contributed by atoms with E-state index in [-0.39, 0.29) is 15.7 Å². The molecular weight excluding hydrogens is 536 g/mol. The molecule has 0 N–H and O–H groups in total. The molecule has 13 nitrogen and oxygen atoms in total. The fourth-order valence-electron chi connectivity index (χ4n) is 3.02. The molecule has 1 heterocycles. The van der Waals surface area contributed by atoms with Gasteiger partial charge in [0, 0.05) is 33.4 Å². The molecule has 0 radical (unpaired) electrons. The largest absolute Gasteiger partial charge is 0.479 e. The molecular formula is C22H30O13S2. The summed E-state index contributed by atoms with van der Waals surface area (Å²) in [5.74, 6) is -3.78. The van der Waals surface area contributed by atoms with Crippen molar-refractivity contribution in [2.45, 2.75) is 65.3 Å². The van der Waals surface area contributed by atoms with E-state index in [0.29, 0.717) is 6.61 Å². The highest BCUT2D eigenvalue weighted by molar-refractivity contribution is 8.22. The number of carbonyl (C=O) groups is 5. The molecule has 37 heavy (non-hydrogen) atoms. The summed E-state index contributed by atoms with van der Waals surface area (Å²) in [6.45, 7) is 6.10. The van der Waals surface area contributed by atoms with E-state index in [9.17, 15) is 24.0 Å². The SMILES string of the molecule is CCOC(=S)SC/C(=C/O[C@@H]1O[C@H](COC(C)=O)[C@@H](OC(C)=O)[C@H](OC(C)=O)[C@H]1OC(C)=O)C(=O)OC. The van der Waals surface area contributed by atoms with E-state index in [1.807, 2.05) is 0 Å². The van der Waals surface area contributed by atoms with Crippen LogP contribution in [-0.2, 0) is 61.9 Å². The van der Waals surface area contributed by atoms with Gasteiger partial charge in [0.2, 0.25) is 16.8 Å². The zero-order chi connectivity index (χ0) is 28.1. The Hall–Kier alpha value is -2.91. The van der Waals surface area contributed by atoms with Crippen molar-refractivity contribution in [3.8, 4) is 0 Å². The maximum atomic E-state index is 12.3. The number of methoxy groups -OCH3 is 1. The molecule has 0 saturated carbocycles. The van der Waals surface area contributed by atoms with Gasteiger partial charge < -0.3 is 37.9 Å². The van der Waals surface area contributed by atoms with Gasteiger partial charge in [0.25, 0.3) is 0 Å². The Balaban J connectivity index is 3.39. The molecule has 1 aliphatic rings. The number of esters is 5. The number of ether oxygens (including phenoxy) is 8. The smallest absolute Gasteiger partial charge is 0.337 e. The summed E-state index contributed by atoms with van der Waals surface area (Å²) in [5, 5.41) is 0. The van der Waals surface area contributed by atoms with Gasteiger partial charge in [0.15, 0.2) is 12.2 Å². The second-order valence-corrected chi connectivity index (χ2v) is 8.89. The lowest BCUT2D eigenvalue weighted by atomic mass is 9.98. The standard InChI is InChI=1S/C22H30O13S2/c1-7-29-22(36)37-10-15(20(27)28-6)8-31-21-19(34-14(5)26)18(33-13(4)25)17(32-12(3)24)16(35-21)9-30-11(2)23/h8,16-19,21H,7,9-10H2,1-6H3/b15-8-/t16-,17-,18+,19-,21-/m1/s1. The quantitative estimate of drug-likeness (QED) is 0.115. The van der Waals surface area contributed by atoms with E-state index in [1.165, 1.54) is 0 Å². The van der Waals surface area contributed by atoms with Gasteiger partial charge in [0.1, 0.15) is 12.7 Å². The summed E-state index contributed by atoms with van der Waals surface area (Å²) < 4.78 is 42.5. The molecule has 0 aromatic carbocycles. The fourth-order valence-corrected chi connectivity index (χ4v) is 3.97. The van der Waals surface area contributed by atoms with Gasteiger partial charge in [-0.3, -0.25) is 19.2 Å². The molecule has 1 rings (SSSR count). The van der Waals surface area contributed by atoms with Crippen molar-refractivity contribution in [2.75, 3.05) is 26.1 Å². The van der Waals surface area contributed by atoms with Crippen LogP contribution in [0.3, 0.4) is 0 Å². The van der Waals surface area contributed by atoms with Crippen LogP contribution in [0.5, 0.6) is 0 Å². The van der Waals surface area contributed by atoms with E-state index in [4.69, 9.17) is 50.1 Å². The predicted molar refractivity (Wildman–Crippen MR) is 130 cm³/mol. The average molecular weight is 567 g/mol. The summed E-state index contributed by atoms with van der Waals surface area (Å²) in [5.41, 5.74) is 0.00223. The highest BCUT2D eigenvalue weighted by Gasteiger charge is 2.53. The summed E-state index contributed by atoms with van der Waals surface area (Å²) in [7, 11) is 1.16. The molecule has 15 heteroatoms. The van der Waals surface area contributed by atoms with Crippen LogP contribution in [0.25, 0.3) is 0 Å². The summed E-state index contributed by atoms with van der Waals surface area (Å²) in [6.07, 6.45) is -5.90. The predicted octanol–water partition coefficient (Wildman–Crippen LogP) is 1.20. The molecule has 1 saturated heterocycles. The van der Waals surface area contributed by atoms with Crippen molar-refractivity contribution < 1.29 is 61.9 Å². The molecule has 0 aliphatic carbocycles. The minimum absolute atomic E-state index is 0.00223. The molecule has 1 fully saturated rings. The van der Waals surface area contributed by atoms with Crippen molar-refractivity contribution in [2.24, 2.45) is 0 Å². The van der Waals surface area contributed by atoms with Gasteiger partial charge in [-0.2, -0.15) is 0 Å². The number of hydrogen-bond donors (Lipinski definition) is 0. The Labute approximate surface area is 223 Å². The number of thiocarbonyl (C=S) groups is 1. The van der Waals surface area contributed by atoms with Crippen LogP contribution in [0.2, 0.25) is 0 Å². The minimum atomic E-state index is -1.50. The lowest BCUT2D eigenvalue weighted by Gasteiger charge is -2.43. The van der Waals surface area contributed by atoms with E-state index in [2.05, 4.69) is 0 Å². The summed E-state index contributed by atoms with van der Waals surface area (Å²) >= 11 is 6.07. The van der Waals surface area contributed by atoms with Crippen molar-refractivity contribution in [3.05, 3.63) is 11.8 Å². The minimum Gasteiger partial charge on any atom is -0.479 e. The topological polar surface area (TPSA) is 159 Å². The normalized spacial score (nSPS) is 23.2. The van der Waals surface area contributed by atoms with Gasteiger partial charge in [-0.15, -0.1) is 0 Å². The van der Waals surface area contributed by atoms with Crippen molar-refractivity contribution in [3.63, 3.8) is 0 Å². The zero-order valence-corrected chi connectivity index (χ0v) is 22.8.